The number of allylic oxidation sites excluding steroid dienone is 1. The number of carbonyl (C=O) groups is 1. The second-order valence-electron chi connectivity index (χ2n) is 3.88. The molecule has 1 saturated carbocycles. The molecule has 0 N–H and O–H groups in total. The van der Waals surface area contributed by atoms with Crippen molar-refractivity contribution in [3.8, 4) is 6.07 Å². The molecule has 0 saturated heterocycles. The van der Waals surface area contributed by atoms with Crippen LogP contribution in [-0.4, -0.2) is 5.97 Å². The van der Waals surface area contributed by atoms with E-state index in [0.717, 1.165) is 0 Å². The number of halogens is 2. The van der Waals surface area contributed by atoms with Gasteiger partial charge in [0.2, 0.25) is 0 Å². The number of nitriles is 1. The molecule has 0 aliphatic heterocycles. The summed E-state index contributed by atoms with van der Waals surface area (Å²) in [5, 5.41) is 19.4. The largest absolute Gasteiger partial charge is 1.00 e. The fraction of sp³-hybridized carbons (Fsp3) is 0.556. The first-order valence-electron chi connectivity index (χ1n) is 4.00. The summed E-state index contributed by atoms with van der Waals surface area (Å²) >= 11 is 11.0. The Bertz CT molecular complexity index is 356. The van der Waals surface area contributed by atoms with Crippen LogP contribution in [0.1, 0.15) is 13.8 Å². The van der Waals surface area contributed by atoms with Crippen molar-refractivity contribution in [3.63, 3.8) is 0 Å². The fourth-order valence-corrected chi connectivity index (χ4v) is 2.17. The van der Waals surface area contributed by atoms with E-state index in [1.807, 2.05) is 6.07 Å². The molecule has 0 aromatic rings. The molecular formula is C9H8Cl2LiNO2. The molecule has 0 aromatic carbocycles. The third-order valence-corrected chi connectivity index (χ3v) is 3.12. The standard InChI is InChI=1S/C9H9Cl2NO2.Li/c1-9(2)5(6(9)8(13)14)4(3-12)7(10)11;/h5-6H,1-2H3,(H,13,14);/q;+1/p-1. The van der Waals surface area contributed by atoms with Crippen LogP contribution < -0.4 is 24.0 Å². The summed E-state index contributed by atoms with van der Waals surface area (Å²) in [4.78, 5) is 10.7. The molecule has 0 spiro atoms. The zero-order valence-electron chi connectivity index (χ0n) is 8.67. The van der Waals surface area contributed by atoms with Crippen molar-refractivity contribution in [2.75, 3.05) is 0 Å². The molecule has 0 amide bonds. The smallest absolute Gasteiger partial charge is 0.550 e. The fourth-order valence-electron chi connectivity index (χ4n) is 1.85. The molecule has 1 aliphatic carbocycles. The molecule has 0 heterocycles. The maximum Gasteiger partial charge on any atom is 1.00 e. The molecule has 0 aromatic heterocycles. The summed E-state index contributed by atoms with van der Waals surface area (Å²) < 4.78 is -0.158. The van der Waals surface area contributed by atoms with Crippen molar-refractivity contribution in [1.29, 1.82) is 5.26 Å². The third-order valence-electron chi connectivity index (χ3n) is 2.72. The maximum absolute atomic E-state index is 10.7. The number of carboxylic acid groups (broad SMARTS) is 1. The number of nitrogens with zero attached hydrogens (tertiary/aromatic N) is 1. The van der Waals surface area contributed by atoms with E-state index < -0.39 is 23.2 Å². The van der Waals surface area contributed by atoms with Crippen molar-refractivity contribution in [2.45, 2.75) is 13.8 Å². The predicted molar refractivity (Wildman–Crippen MR) is 50.1 cm³/mol. The van der Waals surface area contributed by atoms with Crippen molar-refractivity contribution < 1.29 is 28.8 Å². The first kappa shape index (κ1) is 14.9. The summed E-state index contributed by atoms with van der Waals surface area (Å²) in [6.07, 6.45) is 0. The van der Waals surface area contributed by atoms with Crippen molar-refractivity contribution >= 4 is 29.2 Å². The van der Waals surface area contributed by atoms with Crippen LogP contribution in [-0.2, 0) is 4.79 Å². The van der Waals surface area contributed by atoms with Gasteiger partial charge in [-0.3, -0.25) is 0 Å². The number of carbonyl (C=O) groups excluding carboxylic acids is 1. The van der Waals surface area contributed by atoms with Crippen molar-refractivity contribution in [3.05, 3.63) is 10.1 Å². The molecule has 2 atom stereocenters. The third kappa shape index (κ3) is 2.52. The van der Waals surface area contributed by atoms with Crippen LogP contribution in [0.3, 0.4) is 0 Å². The Morgan fingerprint density at radius 1 is 1.40 bits per heavy atom. The van der Waals surface area contributed by atoms with Crippen LogP contribution in [0.25, 0.3) is 0 Å². The van der Waals surface area contributed by atoms with Gasteiger partial charge in [0.1, 0.15) is 4.49 Å². The van der Waals surface area contributed by atoms with E-state index in [1.165, 1.54) is 0 Å². The van der Waals surface area contributed by atoms with E-state index in [9.17, 15) is 9.90 Å². The van der Waals surface area contributed by atoms with E-state index >= 15 is 0 Å². The zero-order chi connectivity index (χ0) is 11.1. The number of hydrogen-bond donors (Lipinski definition) is 0. The minimum Gasteiger partial charge on any atom is -0.550 e. The van der Waals surface area contributed by atoms with Gasteiger partial charge in [-0.1, -0.05) is 37.0 Å². The average Bonchev–Trinajstić information content (AvgIpc) is 2.54. The van der Waals surface area contributed by atoms with E-state index in [1.54, 1.807) is 13.8 Å². The summed E-state index contributed by atoms with van der Waals surface area (Å²) in [5.74, 6) is -2.27. The van der Waals surface area contributed by atoms with E-state index in [-0.39, 0.29) is 28.9 Å². The molecule has 0 bridgehead atoms. The van der Waals surface area contributed by atoms with Gasteiger partial charge < -0.3 is 9.90 Å². The van der Waals surface area contributed by atoms with Gasteiger partial charge in [0, 0.05) is 17.8 Å². The van der Waals surface area contributed by atoms with Gasteiger partial charge in [0.25, 0.3) is 0 Å². The summed E-state index contributed by atoms with van der Waals surface area (Å²) in [7, 11) is 0. The zero-order valence-corrected chi connectivity index (χ0v) is 10.2. The van der Waals surface area contributed by atoms with Crippen LogP contribution in [0.15, 0.2) is 10.1 Å². The number of aliphatic carboxylic acids is 1. The number of carboxylic acids is 1. The van der Waals surface area contributed by atoms with Gasteiger partial charge in [-0.05, 0) is 5.41 Å². The Labute approximate surface area is 110 Å². The minimum absolute atomic E-state index is 0. The van der Waals surface area contributed by atoms with Crippen molar-refractivity contribution in [1.82, 2.24) is 0 Å². The van der Waals surface area contributed by atoms with Gasteiger partial charge in [0.15, 0.2) is 0 Å². The SMILES string of the molecule is CC1(C)C(C(=O)[O-])C1C(C#N)=C(Cl)Cl.[Li+]. The molecule has 15 heavy (non-hydrogen) atoms. The molecule has 3 nitrogen and oxygen atoms in total. The first-order valence-corrected chi connectivity index (χ1v) is 4.75. The second kappa shape index (κ2) is 4.81. The van der Waals surface area contributed by atoms with E-state index in [2.05, 4.69) is 0 Å². The molecule has 76 valence electrons. The van der Waals surface area contributed by atoms with E-state index in [4.69, 9.17) is 28.5 Å². The van der Waals surface area contributed by atoms with Gasteiger partial charge in [-0.2, -0.15) is 5.26 Å². The van der Waals surface area contributed by atoms with Crippen LogP contribution in [0.2, 0.25) is 0 Å². The molecule has 1 fully saturated rings. The average molecular weight is 240 g/mol. The summed E-state index contributed by atoms with van der Waals surface area (Å²) in [6.45, 7) is 3.48. The van der Waals surface area contributed by atoms with Gasteiger partial charge in [-0.15, -0.1) is 0 Å². The topological polar surface area (TPSA) is 63.9 Å². The van der Waals surface area contributed by atoms with Gasteiger partial charge >= 0.3 is 18.9 Å². The number of rotatable bonds is 2. The molecular weight excluding hydrogens is 232 g/mol. The predicted octanol–water partition coefficient (Wildman–Crippen LogP) is -1.77. The minimum atomic E-state index is -1.16. The summed E-state index contributed by atoms with van der Waals surface area (Å²) in [5.41, 5.74) is -0.369. The Morgan fingerprint density at radius 2 is 1.87 bits per heavy atom. The monoisotopic (exact) mass is 239 g/mol. The maximum atomic E-state index is 10.7. The molecule has 0 radical (unpaired) electrons. The first-order chi connectivity index (χ1) is 6.34. The Balaban J connectivity index is 0.00000196. The van der Waals surface area contributed by atoms with Crippen LogP contribution in [0.5, 0.6) is 0 Å². The summed E-state index contributed by atoms with van der Waals surface area (Å²) in [6, 6.07) is 1.83. The molecule has 2 unspecified atom stereocenters. The van der Waals surface area contributed by atoms with Crippen LogP contribution in [0, 0.1) is 28.6 Å². The molecule has 6 heteroatoms. The molecule has 1 rings (SSSR count). The quantitative estimate of drug-likeness (QED) is 0.423. The van der Waals surface area contributed by atoms with Crippen LogP contribution >= 0.6 is 23.2 Å². The Morgan fingerprint density at radius 3 is 2.07 bits per heavy atom. The Kier molecular flexibility index (Phi) is 4.77. The van der Waals surface area contributed by atoms with E-state index in [0.29, 0.717) is 0 Å². The van der Waals surface area contributed by atoms with Crippen LogP contribution in [0.4, 0.5) is 0 Å². The number of hydrogen-bond acceptors (Lipinski definition) is 3. The normalized spacial score (nSPS) is 25.8. The van der Waals surface area contributed by atoms with Crippen molar-refractivity contribution in [2.24, 2.45) is 17.3 Å². The van der Waals surface area contributed by atoms with Gasteiger partial charge in [-0.25, -0.2) is 0 Å². The Hall–Kier alpha value is -0.123. The second-order valence-corrected chi connectivity index (χ2v) is 4.83. The molecule has 1 aliphatic rings. The van der Waals surface area contributed by atoms with Gasteiger partial charge in [0.05, 0.1) is 11.6 Å².